The van der Waals surface area contributed by atoms with Crippen molar-refractivity contribution in [2.75, 3.05) is 0 Å². The van der Waals surface area contributed by atoms with Crippen LogP contribution in [0.3, 0.4) is 0 Å². The van der Waals surface area contributed by atoms with E-state index in [9.17, 15) is 19.1 Å². The van der Waals surface area contributed by atoms with Gasteiger partial charge in [-0.3, -0.25) is 9.59 Å². The number of hydrogen-bond acceptors (Lipinski definition) is 4. The van der Waals surface area contributed by atoms with Crippen molar-refractivity contribution >= 4 is 23.0 Å². The first-order chi connectivity index (χ1) is 13.0. The fourth-order valence-electron chi connectivity index (χ4n) is 2.67. The summed E-state index contributed by atoms with van der Waals surface area (Å²) in [4.78, 5) is 25.2. The van der Waals surface area contributed by atoms with Crippen LogP contribution >= 0.6 is 0 Å². The van der Waals surface area contributed by atoms with E-state index in [-0.39, 0.29) is 12.4 Å². The van der Waals surface area contributed by atoms with Gasteiger partial charge < -0.3 is 9.67 Å². The van der Waals surface area contributed by atoms with Crippen molar-refractivity contribution in [2.45, 2.75) is 6.54 Å². The molecule has 0 bridgehead atoms. The summed E-state index contributed by atoms with van der Waals surface area (Å²) in [5, 5.41) is 14.6. The summed E-state index contributed by atoms with van der Waals surface area (Å²) in [7, 11) is 0. The Kier molecular flexibility index (Phi) is 5.12. The van der Waals surface area contributed by atoms with E-state index in [4.69, 9.17) is 0 Å². The van der Waals surface area contributed by atoms with Crippen LogP contribution in [0.5, 0.6) is 5.75 Å². The molecule has 0 atom stereocenters. The molecule has 0 spiro atoms. The molecule has 1 amide bonds. The molecule has 0 aliphatic carbocycles. The molecule has 7 heteroatoms. The fourth-order valence-corrected chi connectivity index (χ4v) is 2.67. The average Bonchev–Trinajstić information content (AvgIpc) is 2.67. The third-order valence-corrected chi connectivity index (χ3v) is 3.93. The highest BCUT2D eigenvalue weighted by Crippen LogP contribution is 2.26. The summed E-state index contributed by atoms with van der Waals surface area (Å²) in [6, 6.07) is 12.2. The summed E-state index contributed by atoms with van der Waals surface area (Å²) in [6.45, 7) is 3.80. The number of halogens is 1. The number of carbonyl (C=O) groups is 1. The number of amides is 1. The number of nitrogens with zero attached hydrogens (tertiary/aromatic N) is 2. The van der Waals surface area contributed by atoms with Gasteiger partial charge in [-0.15, -0.1) is 6.58 Å². The van der Waals surface area contributed by atoms with Gasteiger partial charge in [0.2, 0.25) is 0 Å². The highest BCUT2D eigenvalue weighted by atomic mass is 19.1. The monoisotopic (exact) mass is 365 g/mol. The molecule has 0 saturated heterocycles. The van der Waals surface area contributed by atoms with E-state index in [0.29, 0.717) is 16.5 Å². The van der Waals surface area contributed by atoms with Crippen LogP contribution in [0.1, 0.15) is 15.9 Å². The molecule has 1 aromatic heterocycles. The highest BCUT2D eigenvalue weighted by Gasteiger charge is 2.21. The number of benzene rings is 2. The number of rotatable bonds is 5. The van der Waals surface area contributed by atoms with Gasteiger partial charge in [-0.1, -0.05) is 30.3 Å². The van der Waals surface area contributed by atoms with Crippen molar-refractivity contribution in [2.24, 2.45) is 5.10 Å². The predicted octanol–water partition coefficient (Wildman–Crippen LogP) is 2.80. The Morgan fingerprint density at radius 3 is 2.63 bits per heavy atom. The number of para-hydroxylation sites is 1. The molecule has 0 saturated carbocycles. The van der Waals surface area contributed by atoms with Gasteiger partial charge in [-0.25, -0.2) is 9.82 Å². The van der Waals surface area contributed by atoms with Crippen molar-refractivity contribution in [3.05, 3.63) is 88.5 Å². The van der Waals surface area contributed by atoms with Crippen molar-refractivity contribution < 1.29 is 14.3 Å². The van der Waals surface area contributed by atoms with E-state index in [1.165, 1.54) is 41.1 Å². The Morgan fingerprint density at radius 1 is 1.22 bits per heavy atom. The molecule has 1 heterocycles. The van der Waals surface area contributed by atoms with E-state index in [1.807, 2.05) is 0 Å². The van der Waals surface area contributed by atoms with Gasteiger partial charge in [0.25, 0.3) is 11.5 Å². The zero-order chi connectivity index (χ0) is 19.4. The number of allylic oxidation sites excluding steroid dienone is 1. The van der Waals surface area contributed by atoms with Gasteiger partial charge >= 0.3 is 0 Å². The lowest BCUT2D eigenvalue weighted by Gasteiger charge is -2.12. The molecule has 3 rings (SSSR count). The summed E-state index contributed by atoms with van der Waals surface area (Å²) < 4.78 is 14.2. The zero-order valence-corrected chi connectivity index (χ0v) is 14.2. The number of carbonyl (C=O) groups excluding carboxylic acids is 1. The van der Waals surface area contributed by atoms with E-state index >= 15 is 0 Å². The summed E-state index contributed by atoms with van der Waals surface area (Å²) in [5.74, 6) is -1.65. The number of pyridine rings is 1. The summed E-state index contributed by atoms with van der Waals surface area (Å²) in [6.07, 6.45) is 2.83. The minimum Gasteiger partial charge on any atom is -0.506 e. The quantitative estimate of drug-likeness (QED) is 0.414. The van der Waals surface area contributed by atoms with E-state index in [1.54, 1.807) is 24.3 Å². The lowest BCUT2D eigenvalue weighted by atomic mass is 10.1. The predicted molar refractivity (Wildman–Crippen MR) is 102 cm³/mol. The molecule has 136 valence electrons. The Labute approximate surface area is 153 Å². The van der Waals surface area contributed by atoms with Crippen molar-refractivity contribution in [3.8, 4) is 5.75 Å². The maximum absolute atomic E-state index is 12.9. The Bertz CT molecular complexity index is 1100. The fraction of sp³-hybridized carbons (Fsp3) is 0.0500. The van der Waals surface area contributed by atoms with Crippen molar-refractivity contribution in [1.82, 2.24) is 9.99 Å². The number of aromatic nitrogens is 1. The second-order valence-electron chi connectivity index (χ2n) is 5.70. The van der Waals surface area contributed by atoms with Gasteiger partial charge in [0.05, 0.1) is 11.7 Å². The van der Waals surface area contributed by atoms with Crippen LogP contribution in [0.15, 0.2) is 71.1 Å². The van der Waals surface area contributed by atoms with Crippen molar-refractivity contribution in [1.29, 1.82) is 0 Å². The van der Waals surface area contributed by atoms with Gasteiger partial charge in [-0.2, -0.15) is 5.10 Å². The van der Waals surface area contributed by atoms with Gasteiger partial charge in [0.15, 0.2) is 0 Å². The van der Waals surface area contributed by atoms with Crippen LogP contribution < -0.4 is 11.0 Å². The first-order valence-electron chi connectivity index (χ1n) is 8.07. The molecule has 6 nitrogen and oxygen atoms in total. The third kappa shape index (κ3) is 3.62. The normalized spacial score (nSPS) is 11.0. The van der Waals surface area contributed by atoms with E-state index < -0.39 is 22.8 Å². The third-order valence-electron chi connectivity index (χ3n) is 3.93. The van der Waals surface area contributed by atoms with E-state index in [2.05, 4.69) is 17.1 Å². The zero-order valence-electron chi connectivity index (χ0n) is 14.2. The number of nitrogens with one attached hydrogen (secondary N) is 1. The number of fused-ring (bicyclic) bond motifs is 1. The lowest BCUT2D eigenvalue weighted by Crippen LogP contribution is -2.31. The number of hydrogen-bond donors (Lipinski definition) is 2. The molecule has 0 unspecified atom stereocenters. The van der Waals surface area contributed by atoms with Gasteiger partial charge in [-0.05, 0) is 29.8 Å². The van der Waals surface area contributed by atoms with Crippen molar-refractivity contribution in [3.63, 3.8) is 0 Å². The minimum absolute atomic E-state index is 0.179. The average molecular weight is 365 g/mol. The van der Waals surface area contributed by atoms with E-state index in [0.717, 1.165) is 0 Å². The van der Waals surface area contributed by atoms with Gasteiger partial charge in [0.1, 0.15) is 17.1 Å². The Hall–Kier alpha value is -3.74. The Balaban J connectivity index is 1.97. The number of hydrazone groups is 1. The standard InChI is InChI=1S/C20H16FN3O3/c1-2-11-24-16-6-4-3-5-15(16)18(25)17(20(24)27)19(26)23-22-12-13-7-9-14(21)10-8-13/h2-10,12,25H,1,11H2,(H,23,26). The lowest BCUT2D eigenvalue weighted by molar-refractivity contribution is 0.0950. The molecular formula is C20H16FN3O3. The molecule has 2 aromatic carbocycles. The van der Waals surface area contributed by atoms with Crippen LogP contribution in [-0.4, -0.2) is 21.8 Å². The maximum atomic E-state index is 12.9. The SMILES string of the molecule is C=CCn1c(=O)c(C(=O)NN=Cc2ccc(F)cc2)c(O)c2ccccc21. The van der Waals surface area contributed by atoms with Gasteiger partial charge in [0, 0.05) is 11.9 Å². The molecule has 0 fully saturated rings. The topological polar surface area (TPSA) is 83.7 Å². The molecule has 27 heavy (non-hydrogen) atoms. The second kappa shape index (κ2) is 7.65. The molecular weight excluding hydrogens is 349 g/mol. The largest absolute Gasteiger partial charge is 0.506 e. The molecule has 0 aliphatic heterocycles. The number of aromatic hydroxyl groups is 1. The summed E-state index contributed by atoms with van der Waals surface area (Å²) >= 11 is 0. The molecule has 2 N–H and O–H groups in total. The van der Waals surface area contributed by atoms with Crippen LogP contribution in [0, 0.1) is 5.82 Å². The van der Waals surface area contributed by atoms with Crippen LogP contribution in [0.4, 0.5) is 4.39 Å². The highest BCUT2D eigenvalue weighted by molar-refractivity contribution is 6.02. The first kappa shape index (κ1) is 18.1. The van der Waals surface area contributed by atoms with Crippen LogP contribution in [0.2, 0.25) is 0 Å². The molecule has 3 aromatic rings. The second-order valence-corrected chi connectivity index (χ2v) is 5.70. The maximum Gasteiger partial charge on any atom is 0.280 e. The molecule has 0 aliphatic rings. The summed E-state index contributed by atoms with van der Waals surface area (Å²) in [5.41, 5.74) is 2.20. The van der Waals surface area contributed by atoms with Crippen LogP contribution in [0.25, 0.3) is 10.9 Å². The smallest absolute Gasteiger partial charge is 0.280 e. The van der Waals surface area contributed by atoms with Crippen LogP contribution in [-0.2, 0) is 6.54 Å². The molecule has 0 radical (unpaired) electrons. The minimum atomic E-state index is -0.848. The first-order valence-corrected chi connectivity index (χ1v) is 8.07. The Morgan fingerprint density at radius 2 is 1.93 bits per heavy atom.